The van der Waals surface area contributed by atoms with Crippen molar-refractivity contribution in [3.63, 3.8) is 0 Å². The highest BCUT2D eigenvalue weighted by Gasteiger charge is 2.62. The average molecular weight is 449 g/mol. The average Bonchev–Trinajstić information content (AvgIpc) is 3.07. The number of para-hydroxylation sites is 1. The van der Waals surface area contributed by atoms with Crippen molar-refractivity contribution in [3.8, 4) is 0 Å². The summed E-state index contributed by atoms with van der Waals surface area (Å²) in [6.07, 6.45) is 9.38. The fraction of sp³-hybridized carbons (Fsp3) is 0.536. The van der Waals surface area contributed by atoms with Gasteiger partial charge in [0.15, 0.2) is 0 Å². The summed E-state index contributed by atoms with van der Waals surface area (Å²) in [5.74, 6) is 0.302. The molecule has 3 unspecified atom stereocenters. The molecular formula is C28H36N2O3. The van der Waals surface area contributed by atoms with E-state index in [1.165, 1.54) is 12.5 Å². The van der Waals surface area contributed by atoms with Gasteiger partial charge in [-0.15, -0.1) is 0 Å². The third-order valence-electron chi connectivity index (χ3n) is 8.44. The summed E-state index contributed by atoms with van der Waals surface area (Å²) in [6.45, 7) is 11.0. The van der Waals surface area contributed by atoms with E-state index in [9.17, 15) is 9.59 Å². The van der Waals surface area contributed by atoms with Crippen LogP contribution in [0.15, 0.2) is 48.7 Å². The van der Waals surface area contributed by atoms with E-state index in [1.54, 1.807) is 6.20 Å². The van der Waals surface area contributed by atoms with Gasteiger partial charge in [0.25, 0.3) is 0 Å². The van der Waals surface area contributed by atoms with Gasteiger partial charge < -0.3 is 10.1 Å². The molecule has 0 spiro atoms. The molecule has 176 valence electrons. The molecule has 4 rings (SSSR count). The van der Waals surface area contributed by atoms with Crippen LogP contribution in [0.4, 0.5) is 5.69 Å². The fourth-order valence-corrected chi connectivity index (χ4v) is 5.87. The Morgan fingerprint density at radius 2 is 1.97 bits per heavy atom. The largest absolute Gasteiger partial charge is 0.459 e. The van der Waals surface area contributed by atoms with Crippen molar-refractivity contribution in [2.75, 3.05) is 5.32 Å². The zero-order valence-corrected chi connectivity index (χ0v) is 20.5. The molecule has 2 aliphatic rings. The molecule has 0 saturated heterocycles. The van der Waals surface area contributed by atoms with Crippen LogP contribution in [0.2, 0.25) is 0 Å². The van der Waals surface area contributed by atoms with E-state index in [-0.39, 0.29) is 34.2 Å². The quantitative estimate of drug-likeness (QED) is 0.399. The van der Waals surface area contributed by atoms with Crippen molar-refractivity contribution in [2.24, 2.45) is 22.2 Å². The van der Waals surface area contributed by atoms with E-state index in [0.29, 0.717) is 18.8 Å². The smallest absolute Gasteiger partial charge is 0.330 e. The summed E-state index contributed by atoms with van der Waals surface area (Å²) in [5, 5.41) is 3.99. The molecule has 2 aliphatic carbocycles. The van der Waals surface area contributed by atoms with E-state index < -0.39 is 0 Å². The van der Waals surface area contributed by atoms with Crippen molar-refractivity contribution < 1.29 is 14.3 Å². The summed E-state index contributed by atoms with van der Waals surface area (Å²) in [7, 11) is 0. The van der Waals surface area contributed by atoms with Crippen molar-refractivity contribution >= 4 is 28.5 Å². The van der Waals surface area contributed by atoms with Crippen LogP contribution in [0.1, 0.15) is 66.7 Å². The van der Waals surface area contributed by atoms with Gasteiger partial charge in [-0.05, 0) is 54.6 Å². The second kappa shape index (κ2) is 8.58. The molecule has 3 atom stereocenters. The lowest BCUT2D eigenvalue weighted by Gasteiger charge is -2.38. The third-order valence-corrected chi connectivity index (χ3v) is 8.44. The number of allylic oxidation sites excluding steroid dienone is 1. The molecule has 2 fully saturated rings. The summed E-state index contributed by atoms with van der Waals surface area (Å²) < 4.78 is 5.89. The molecule has 1 N–H and O–H groups in total. The second-order valence-corrected chi connectivity index (χ2v) is 11.4. The highest BCUT2D eigenvalue weighted by atomic mass is 16.5. The number of rotatable bonds is 7. The maximum atomic E-state index is 12.7. The van der Waals surface area contributed by atoms with Gasteiger partial charge in [-0.2, -0.15) is 0 Å². The Labute approximate surface area is 197 Å². The number of hydrogen-bond donors (Lipinski definition) is 1. The maximum absolute atomic E-state index is 12.7. The van der Waals surface area contributed by atoms with E-state index in [0.717, 1.165) is 29.4 Å². The van der Waals surface area contributed by atoms with Gasteiger partial charge >= 0.3 is 5.97 Å². The van der Waals surface area contributed by atoms with Gasteiger partial charge in [0, 0.05) is 29.5 Å². The number of anilines is 1. The first-order valence-electron chi connectivity index (χ1n) is 12.0. The first-order chi connectivity index (χ1) is 15.5. The van der Waals surface area contributed by atoms with Gasteiger partial charge in [0.2, 0.25) is 5.91 Å². The monoisotopic (exact) mass is 448 g/mol. The van der Waals surface area contributed by atoms with Crippen LogP contribution >= 0.6 is 0 Å². The molecule has 2 bridgehead atoms. The predicted octanol–water partition coefficient (Wildman–Crippen LogP) is 6.29. The number of fused-ring (bicyclic) bond motifs is 3. The highest BCUT2D eigenvalue weighted by Crippen LogP contribution is 2.66. The zero-order chi connectivity index (χ0) is 23.9. The third kappa shape index (κ3) is 4.55. The molecule has 1 heterocycles. The molecule has 5 nitrogen and oxygen atoms in total. The first-order valence-corrected chi connectivity index (χ1v) is 12.0. The van der Waals surface area contributed by atoms with Crippen LogP contribution in [0.3, 0.4) is 0 Å². The van der Waals surface area contributed by atoms with Gasteiger partial charge in [0.05, 0.1) is 11.2 Å². The number of benzene rings is 1. The van der Waals surface area contributed by atoms with E-state index in [2.05, 4.69) is 31.1 Å². The van der Waals surface area contributed by atoms with E-state index in [1.807, 2.05) is 50.3 Å². The lowest BCUT2D eigenvalue weighted by atomic mass is 9.70. The van der Waals surface area contributed by atoms with Crippen molar-refractivity contribution in [3.05, 3.63) is 48.7 Å². The molecule has 0 aliphatic heterocycles. The Morgan fingerprint density at radius 3 is 2.67 bits per heavy atom. The van der Waals surface area contributed by atoms with Crippen molar-refractivity contribution in [1.82, 2.24) is 4.98 Å². The Bertz CT molecular complexity index is 1080. The van der Waals surface area contributed by atoms with E-state index >= 15 is 0 Å². The molecule has 0 radical (unpaired) electrons. The molecular weight excluding hydrogens is 412 g/mol. The minimum atomic E-state index is -0.292. The summed E-state index contributed by atoms with van der Waals surface area (Å²) >= 11 is 0. The van der Waals surface area contributed by atoms with Gasteiger partial charge in [0.1, 0.15) is 6.10 Å². The van der Waals surface area contributed by atoms with Crippen LogP contribution in [-0.2, 0) is 14.3 Å². The molecule has 2 saturated carbocycles. The molecule has 33 heavy (non-hydrogen) atoms. The number of amides is 1. The molecule has 2 aromatic rings. The second-order valence-electron chi connectivity index (χ2n) is 11.4. The molecule has 1 amide bonds. The lowest BCUT2D eigenvalue weighted by Crippen LogP contribution is -2.38. The summed E-state index contributed by atoms with van der Waals surface area (Å²) in [6, 6.07) is 9.62. The van der Waals surface area contributed by atoms with Crippen LogP contribution < -0.4 is 5.32 Å². The maximum Gasteiger partial charge on any atom is 0.330 e. The number of nitrogens with one attached hydrogen (secondary N) is 1. The van der Waals surface area contributed by atoms with Crippen LogP contribution in [-0.4, -0.2) is 23.0 Å². The Morgan fingerprint density at radius 1 is 1.21 bits per heavy atom. The topological polar surface area (TPSA) is 68.3 Å². The molecule has 1 aromatic carbocycles. The first kappa shape index (κ1) is 23.5. The highest BCUT2D eigenvalue weighted by molar-refractivity contribution is 6.00. The molecule has 5 heteroatoms. The Hall–Kier alpha value is -2.69. The summed E-state index contributed by atoms with van der Waals surface area (Å²) in [5.41, 5.74) is 1.49. The van der Waals surface area contributed by atoms with Gasteiger partial charge in [-0.3, -0.25) is 9.78 Å². The van der Waals surface area contributed by atoms with Gasteiger partial charge in [-0.25, -0.2) is 4.79 Å². The van der Waals surface area contributed by atoms with Crippen molar-refractivity contribution in [2.45, 2.75) is 72.8 Å². The number of esters is 1. The number of nitrogens with zero attached hydrogens (tertiary/aromatic N) is 1. The molecule has 1 aromatic heterocycles. The number of aromatic nitrogens is 1. The predicted molar refractivity (Wildman–Crippen MR) is 132 cm³/mol. The lowest BCUT2D eigenvalue weighted by molar-refractivity contribution is -0.150. The van der Waals surface area contributed by atoms with Crippen LogP contribution in [0.5, 0.6) is 0 Å². The Balaban J connectivity index is 1.30. The van der Waals surface area contributed by atoms with Crippen LogP contribution in [0.25, 0.3) is 10.9 Å². The number of hydrogen-bond acceptors (Lipinski definition) is 4. The van der Waals surface area contributed by atoms with Crippen molar-refractivity contribution in [1.29, 1.82) is 0 Å². The van der Waals surface area contributed by atoms with Crippen LogP contribution in [0, 0.1) is 22.2 Å². The minimum absolute atomic E-state index is 0.00325. The number of pyridine rings is 1. The number of carbonyl (C=O) groups is 2. The number of ether oxygens (including phenoxy) is 1. The van der Waals surface area contributed by atoms with E-state index in [4.69, 9.17) is 4.74 Å². The minimum Gasteiger partial charge on any atom is -0.459 e. The fourth-order valence-electron chi connectivity index (χ4n) is 5.87. The normalized spacial score (nSPS) is 26.1. The Kier molecular flexibility index (Phi) is 6.10. The summed E-state index contributed by atoms with van der Waals surface area (Å²) in [4.78, 5) is 29.6. The standard InChI is InChI=1S/C28H36N2O3/c1-26(2,18-23(31)30-21-11-6-9-19-10-8-16-29-25(19)21)14-7-12-24(32)33-22-17-20-13-15-28(22,5)27(20,3)4/h6-12,16,20,22H,13-15,17-18H2,1-5H3,(H,30,31)/b12-7+. The SMILES string of the molecule is CC(C)(C/C=C/C(=O)OC1CC2CCC1(C)C2(C)C)CC(=O)Nc1cccc2cccnc12. The number of carbonyl (C=O) groups excluding carboxylic acids is 2. The van der Waals surface area contributed by atoms with Gasteiger partial charge in [-0.1, -0.05) is 58.9 Å². The zero-order valence-electron chi connectivity index (χ0n) is 20.5.